The lowest BCUT2D eigenvalue weighted by atomic mass is 10.4. The highest BCUT2D eigenvalue weighted by atomic mass is 32.2. The maximum atomic E-state index is 12.3. The van der Waals surface area contributed by atoms with Crippen LogP contribution in [0.3, 0.4) is 0 Å². The number of aromatic nitrogens is 2. The zero-order chi connectivity index (χ0) is 12.5. The van der Waals surface area contributed by atoms with Gasteiger partial charge in [0.15, 0.2) is 5.03 Å². The lowest BCUT2D eigenvalue weighted by Crippen LogP contribution is -2.47. The molecule has 0 unspecified atom stereocenters. The van der Waals surface area contributed by atoms with Gasteiger partial charge >= 0.3 is 0 Å². The van der Waals surface area contributed by atoms with Gasteiger partial charge in [-0.05, 0) is 14.0 Å². The van der Waals surface area contributed by atoms with Crippen LogP contribution in [-0.4, -0.2) is 60.4 Å². The number of piperazine rings is 1. The van der Waals surface area contributed by atoms with Crippen LogP contribution in [0.5, 0.6) is 0 Å². The van der Waals surface area contributed by atoms with Gasteiger partial charge in [-0.2, -0.15) is 4.31 Å². The van der Waals surface area contributed by atoms with Gasteiger partial charge in [-0.25, -0.2) is 13.4 Å². The van der Waals surface area contributed by atoms with Crippen LogP contribution in [0.25, 0.3) is 0 Å². The monoisotopic (exact) mass is 258 g/mol. The van der Waals surface area contributed by atoms with E-state index in [1.807, 2.05) is 14.0 Å². The van der Waals surface area contributed by atoms with Gasteiger partial charge in [0, 0.05) is 38.9 Å². The van der Waals surface area contributed by atoms with Crippen molar-refractivity contribution in [2.75, 3.05) is 33.2 Å². The van der Waals surface area contributed by atoms with Crippen molar-refractivity contribution in [3.8, 4) is 0 Å². The Kier molecular flexibility index (Phi) is 3.50. The molecule has 0 atom stereocenters. The van der Waals surface area contributed by atoms with Crippen molar-refractivity contribution in [3.05, 3.63) is 12.5 Å². The summed E-state index contributed by atoms with van der Waals surface area (Å²) in [5, 5.41) is 0.156. The topological polar surface area (TPSA) is 58.4 Å². The summed E-state index contributed by atoms with van der Waals surface area (Å²) in [6, 6.07) is 0. The van der Waals surface area contributed by atoms with E-state index < -0.39 is 10.0 Å². The zero-order valence-corrected chi connectivity index (χ0v) is 11.0. The van der Waals surface area contributed by atoms with Crippen LogP contribution in [0.15, 0.2) is 17.6 Å². The van der Waals surface area contributed by atoms with E-state index in [2.05, 4.69) is 9.88 Å². The number of hydrogen-bond acceptors (Lipinski definition) is 4. The van der Waals surface area contributed by atoms with Gasteiger partial charge in [-0.3, -0.25) is 0 Å². The first kappa shape index (κ1) is 12.5. The normalized spacial score (nSPS) is 19.6. The van der Waals surface area contributed by atoms with Gasteiger partial charge < -0.3 is 9.47 Å². The number of imidazole rings is 1. The SMILES string of the molecule is CCn1cnc(S(=O)(=O)N2CCN(C)CC2)c1. The molecule has 0 aliphatic carbocycles. The van der Waals surface area contributed by atoms with E-state index in [0.29, 0.717) is 13.1 Å². The number of nitrogens with zero attached hydrogens (tertiary/aromatic N) is 4. The molecule has 1 aromatic rings. The van der Waals surface area contributed by atoms with Crippen molar-refractivity contribution in [1.82, 2.24) is 18.8 Å². The van der Waals surface area contributed by atoms with E-state index in [0.717, 1.165) is 19.6 Å². The molecule has 17 heavy (non-hydrogen) atoms. The Bertz CT molecular complexity index is 474. The molecule has 0 spiro atoms. The third-order valence-electron chi connectivity index (χ3n) is 3.04. The molecule has 96 valence electrons. The van der Waals surface area contributed by atoms with Crippen LogP contribution in [0.1, 0.15) is 6.92 Å². The van der Waals surface area contributed by atoms with Gasteiger partial charge in [0.25, 0.3) is 10.0 Å². The van der Waals surface area contributed by atoms with E-state index in [1.165, 1.54) is 4.31 Å². The molecule has 0 radical (unpaired) electrons. The Balaban J connectivity index is 2.18. The Morgan fingerprint density at radius 3 is 2.47 bits per heavy atom. The molecule has 1 aromatic heterocycles. The fraction of sp³-hybridized carbons (Fsp3) is 0.700. The molecular weight excluding hydrogens is 240 g/mol. The third kappa shape index (κ3) is 2.51. The smallest absolute Gasteiger partial charge is 0.262 e. The van der Waals surface area contributed by atoms with E-state index in [4.69, 9.17) is 0 Å². The summed E-state index contributed by atoms with van der Waals surface area (Å²) in [5.74, 6) is 0. The number of likely N-dealkylation sites (N-methyl/N-ethyl adjacent to an activating group) is 1. The Morgan fingerprint density at radius 1 is 1.29 bits per heavy atom. The number of rotatable bonds is 3. The highest BCUT2D eigenvalue weighted by molar-refractivity contribution is 7.89. The van der Waals surface area contributed by atoms with Gasteiger partial charge in [0.2, 0.25) is 0 Å². The summed E-state index contributed by atoms with van der Waals surface area (Å²) in [5.41, 5.74) is 0. The van der Waals surface area contributed by atoms with Gasteiger partial charge in [-0.1, -0.05) is 0 Å². The molecule has 2 rings (SSSR count). The summed E-state index contributed by atoms with van der Waals surface area (Å²) in [4.78, 5) is 6.09. The van der Waals surface area contributed by atoms with Crippen LogP contribution >= 0.6 is 0 Å². The van der Waals surface area contributed by atoms with Crippen LogP contribution in [0, 0.1) is 0 Å². The maximum Gasteiger partial charge on any atom is 0.262 e. The minimum absolute atomic E-state index is 0.156. The van der Waals surface area contributed by atoms with Gasteiger partial charge in [-0.15, -0.1) is 0 Å². The summed E-state index contributed by atoms with van der Waals surface area (Å²) < 4.78 is 27.8. The molecule has 2 heterocycles. The molecule has 0 N–H and O–H groups in total. The second-order valence-corrected chi connectivity index (χ2v) is 6.13. The van der Waals surface area contributed by atoms with E-state index in [-0.39, 0.29) is 5.03 Å². The molecule has 6 nitrogen and oxygen atoms in total. The molecule has 0 saturated carbocycles. The summed E-state index contributed by atoms with van der Waals surface area (Å²) in [6.07, 6.45) is 3.15. The highest BCUT2D eigenvalue weighted by Crippen LogP contribution is 2.15. The van der Waals surface area contributed by atoms with Crippen molar-refractivity contribution in [2.45, 2.75) is 18.5 Å². The molecule has 0 amide bonds. The third-order valence-corrected chi connectivity index (χ3v) is 4.83. The fourth-order valence-electron chi connectivity index (χ4n) is 1.81. The van der Waals surface area contributed by atoms with Crippen molar-refractivity contribution < 1.29 is 8.42 Å². The second-order valence-electron chi connectivity index (χ2n) is 4.25. The second kappa shape index (κ2) is 4.75. The number of sulfonamides is 1. The summed E-state index contributed by atoms with van der Waals surface area (Å²) in [7, 11) is -1.40. The molecular formula is C10H18N4O2S. The Hall–Kier alpha value is -0.920. The molecule has 1 fully saturated rings. The van der Waals surface area contributed by atoms with E-state index in [1.54, 1.807) is 17.1 Å². The van der Waals surface area contributed by atoms with Gasteiger partial charge in [0.1, 0.15) is 0 Å². The number of aryl methyl sites for hydroxylation is 1. The van der Waals surface area contributed by atoms with Crippen molar-refractivity contribution in [3.63, 3.8) is 0 Å². The molecule has 1 saturated heterocycles. The molecule has 1 aliphatic heterocycles. The predicted octanol–water partition coefficient (Wildman–Crippen LogP) is -0.161. The average molecular weight is 258 g/mol. The molecule has 0 aromatic carbocycles. The Labute approximate surface area is 102 Å². The Morgan fingerprint density at radius 2 is 1.94 bits per heavy atom. The van der Waals surface area contributed by atoms with Crippen LogP contribution in [0.2, 0.25) is 0 Å². The summed E-state index contributed by atoms with van der Waals surface area (Å²) in [6.45, 7) is 5.30. The molecule has 0 bridgehead atoms. The fourth-order valence-corrected chi connectivity index (χ4v) is 3.16. The van der Waals surface area contributed by atoms with Crippen LogP contribution < -0.4 is 0 Å². The molecule has 1 aliphatic rings. The minimum atomic E-state index is -3.40. The van der Waals surface area contributed by atoms with Crippen molar-refractivity contribution >= 4 is 10.0 Å². The largest absolute Gasteiger partial charge is 0.336 e. The van der Waals surface area contributed by atoms with Crippen molar-refractivity contribution in [1.29, 1.82) is 0 Å². The maximum absolute atomic E-state index is 12.3. The lowest BCUT2D eigenvalue weighted by molar-refractivity contribution is 0.222. The predicted molar refractivity (Wildman–Crippen MR) is 64.2 cm³/mol. The lowest BCUT2D eigenvalue weighted by Gasteiger charge is -2.30. The van der Waals surface area contributed by atoms with Crippen molar-refractivity contribution in [2.24, 2.45) is 0 Å². The van der Waals surface area contributed by atoms with Crippen LogP contribution in [0.4, 0.5) is 0 Å². The standard InChI is InChI=1S/C10H18N4O2S/c1-3-13-8-10(11-9-13)17(15,16)14-6-4-12(2)5-7-14/h8-9H,3-7H2,1-2H3. The summed E-state index contributed by atoms with van der Waals surface area (Å²) >= 11 is 0. The van der Waals surface area contributed by atoms with E-state index in [9.17, 15) is 8.42 Å². The number of hydrogen-bond donors (Lipinski definition) is 0. The molecule has 7 heteroatoms. The van der Waals surface area contributed by atoms with Crippen LogP contribution in [-0.2, 0) is 16.6 Å². The minimum Gasteiger partial charge on any atom is -0.336 e. The first-order valence-corrected chi connectivity index (χ1v) is 7.18. The zero-order valence-electron chi connectivity index (χ0n) is 10.2. The quantitative estimate of drug-likeness (QED) is 0.756. The van der Waals surface area contributed by atoms with E-state index >= 15 is 0 Å². The average Bonchev–Trinajstić information content (AvgIpc) is 2.78. The van der Waals surface area contributed by atoms with Gasteiger partial charge in [0.05, 0.1) is 6.33 Å². The highest BCUT2D eigenvalue weighted by Gasteiger charge is 2.29. The first-order chi connectivity index (χ1) is 8.04. The first-order valence-electron chi connectivity index (χ1n) is 5.74.